The number of allylic oxidation sites excluding steroid dienone is 1. The Balaban J connectivity index is 1.87. The molecule has 3 rings (SSSR count). The molecule has 0 spiro atoms. The summed E-state index contributed by atoms with van der Waals surface area (Å²) in [7, 11) is 0. The van der Waals surface area contributed by atoms with E-state index in [2.05, 4.69) is 5.32 Å². The lowest BCUT2D eigenvalue weighted by molar-refractivity contribution is -0.131. The summed E-state index contributed by atoms with van der Waals surface area (Å²) in [5, 5.41) is 32.1. The Morgan fingerprint density at radius 3 is 2.45 bits per heavy atom. The molecule has 7 heteroatoms. The van der Waals surface area contributed by atoms with Gasteiger partial charge in [-0.1, -0.05) is 43.3 Å². The maximum Gasteiger partial charge on any atom is 0.412 e. The van der Waals surface area contributed by atoms with Crippen molar-refractivity contribution in [3.05, 3.63) is 83.9 Å². The molecule has 0 heterocycles. The smallest absolute Gasteiger partial charge is 0.412 e. The Morgan fingerprint density at radius 1 is 1.09 bits per heavy atom. The lowest BCUT2D eigenvalue weighted by Gasteiger charge is -2.26. The maximum atomic E-state index is 12.7. The van der Waals surface area contributed by atoms with Crippen LogP contribution in [0.2, 0.25) is 0 Å². The number of carboxylic acids is 1. The standard InChI is InChI=1S/C26H24N2O5/c1-17(6-2-5-9-24(30)31)25(22-14-15-23(29)21-8-4-3-7-20(21)22)33-26(32)28-19-12-10-18(16-27)11-13-19/h3-5,7-15,17,25,29H,2,6H2,1H3,(H,28,32)(H,30,31)/b9-5+/t17-,25-/m0/s1. The van der Waals surface area contributed by atoms with Crippen LogP contribution in [0.3, 0.4) is 0 Å². The van der Waals surface area contributed by atoms with E-state index in [1.165, 1.54) is 0 Å². The van der Waals surface area contributed by atoms with E-state index in [0.29, 0.717) is 29.5 Å². The van der Waals surface area contributed by atoms with Crippen molar-refractivity contribution in [1.82, 2.24) is 0 Å². The average molecular weight is 444 g/mol. The number of nitrogens with zero attached hydrogens (tertiary/aromatic N) is 1. The van der Waals surface area contributed by atoms with Crippen molar-refractivity contribution < 1.29 is 24.5 Å². The van der Waals surface area contributed by atoms with Crippen LogP contribution in [0.4, 0.5) is 10.5 Å². The Hall–Kier alpha value is -4.31. The molecule has 0 fully saturated rings. The van der Waals surface area contributed by atoms with Crippen LogP contribution >= 0.6 is 0 Å². The minimum Gasteiger partial charge on any atom is -0.507 e. The number of carbonyl (C=O) groups excluding carboxylic acids is 1. The Labute approximate surface area is 191 Å². The predicted molar refractivity (Wildman–Crippen MR) is 125 cm³/mol. The zero-order valence-corrected chi connectivity index (χ0v) is 18.1. The Bertz CT molecular complexity index is 1210. The normalized spacial score (nSPS) is 12.7. The third kappa shape index (κ3) is 6.11. The van der Waals surface area contributed by atoms with Crippen LogP contribution in [-0.2, 0) is 9.53 Å². The molecule has 0 bridgehead atoms. The number of aromatic hydroxyl groups is 1. The van der Waals surface area contributed by atoms with Gasteiger partial charge in [-0.05, 0) is 54.5 Å². The van der Waals surface area contributed by atoms with Crippen LogP contribution in [0.15, 0.2) is 72.8 Å². The van der Waals surface area contributed by atoms with Crippen LogP contribution in [0.1, 0.15) is 37.0 Å². The molecule has 0 aliphatic rings. The van der Waals surface area contributed by atoms with Crippen molar-refractivity contribution in [1.29, 1.82) is 5.26 Å². The average Bonchev–Trinajstić information content (AvgIpc) is 2.81. The maximum absolute atomic E-state index is 12.7. The molecule has 168 valence electrons. The van der Waals surface area contributed by atoms with E-state index < -0.39 is 18.2 Å². The topological polar surface area (TPSA) is 120 Å². The number of phenols is 1. The minimum atomic E-state index is -1.01. The van der Waals surface area contributed by atoms with Crippen LogP contribution in [-0.4, -0.2) is 22.3 Å². The molecule has 0 aliphatic carbocycles. The number of amides is 1. The van der Waals surface area contributed by atoms with E-state index in [0.717, 1.165) is 17.0 Å². The molecule has 0 unspecified atom stereocenters. The van der Waals surface area contributed by atoms with Gasteiger partial charge < -0.3 is 14.9 Å². The van der Waals surface area contributed by atoms with Crippen molar-refractivity contribution in [2.24, 2.45) is 5.92 Å². The highest BCUT2D eigenvalue weighted by Crippen LogP contribution is 2.37. The minimum absolute atomic E-state index is 0.132. The summed E-state index contributed by atoms with van der Waals surface area (Å²) in [6, 6.07) is 19.1. The summed E-state index contributed by atoms with van der Waals surface area (Å²) in [6.07, 6.45) is 2.44. The van der Waals surface area contributed by atoms with Gasteiger partial charge >= 0.3 is 12.1 Å². The number of carboxylic acid groups (broad SMARTS) is 1. The molecule has 7 nitrogen and oxygen atoms in total. The molecule has 3 N–H and O–H groups in total. The number of phenolic OH excluding ortho intramolecular Hbond substituents is 1. The van der Waals surface area contributed by atoms with Crippen LogP contribution in [0, 0.1) is 17.2 Å². The number of ether oxygens (including phenoxy) is 1. The highest BCUT2D eigenvalue weighted by molar-refractivity contribution is 5.91. The molecular formula is C26H24N2O5. The van der Waals surface area contributed by atoms with Crippen molar-refractivity contribution in [2.75, 3.05) is 5.32 Å². The first-order valence-electron chi connectivity index (χ1n) is 10.5. The predicted octanol–water partition coefficient (Wildman–Crippen LogP) is 5.76. The van der Waals surface area contributed by atoms with Crippen LogP contribution in [0.5, 0.6) is 5.75 Å². The van der Waals surface area contributed by atoms with Crippen molar-refractivity contribution >= 4 is 28.5 Å². The summed E-state index contributed by atoms with van der Waals surface area (Å²) in [4.78, 5) is 23.5. The summed E-state index contributed by atoms with van der Waals surface area (Å²) < 4.78 is 5.85. The van der Waals surface area contributed by atoms with E-state index in [4.69, 9.17) is 15.1 Å². The van der Waals surface area contributed by atoms with Crippen LogP contribution < -0.4 is 5.32 Å². The summed E-state index contributed by atoms with van der Waals surface area (Å²) in [5.41, 5.74) is 1.71. The van der Waals surface area contributed by atoms with E-state index in [1.54, 1.807) is 48.5 Å². The summed E-state index contributed by atoms with van der Waals surface area (Å²) in [6.45, 7) is 1.93. The molecule has 0 aliphatic heterocycles. The van der Waals surface area contributed by atoms with E-state index in [1.807, 2.05) is 31.2 Å². The third-order valence-electron chi connectivity index (χ3n) is 5.30. The molecule has 3 aromatic carbocycles. The first kappa shape index (κ1) is 23.4. The van der Waals surface area contributed by atoms with E-state index >= 15 is 0 Å². The zero-order valence-electron chi connectivity index (χ0n) is 18.1. The number of carbonyl (C=O) groups is 2. The lowest BCUT2D eigenvalue weighted by atomic mass is 9.89. The lowest BCUT2D eigenvalue weighted by Crippen LogP contribution is -2.22. The quantitative estimate of drug-likeness (QED) is 0.380. The van der Waals surface area contributed by atoms with Gasteiger partial charge in [0.2, 0.25) is 0 Å². The summed E-state index contributed by atoms with van der Waals surface area (Å²) in [5.74, 6) is -1.03. The molecule has 0 saturated heterocycles. The van der Waals surface area contributed by atoms with E-state index in [9.17, 15) is 14.7 Å². The van der Waals surface area contributed by atoms with Gasteiger partial charge in [-0.2, -0.15) is 5.26 Å². The molecule has 0 aromatic heterocycles. The van der Waals surface area contributed by atoms with Gasteiger partial charge in [-0.15, -0.1) is 0 Å². The van der Waals surface area contributed by atoms with Gasteiger partial charge in [-0.3, -0.25) is 5.32 Å². The fourth-order valence-electron chi connectivity index (χ4n) is 3.63. The fourth-order valence-corrected chi connectivity index (χ4v) is 3.63. The molecule has 1 amide bonds. The number of aliphatic carboxylic acids is 1. The second-order valence-corrected chi connectivity index (χ2v) is 7.65. The fraction of sp³-hybridized carbons (Fsp3) is 0.192. The van der Waals surface area contributed by atoms with Gasteiger partial charge in [0.05, 0.1) is 11.6 Å². The highest BCUT2D eigenvalue weighted by atomic mass is 16.6. The van der Waals surface area contributed by atoms with Crippen molar-refractivity contribution in [2.45, 2.75) is 25.9 Å². The number of hydrogen-bond acceptors (Lipinski definition) is 5. The number of anilines is 1. The second-order valence-electron chi connectivity index (χ2n) is 7.65. The number of nitriles is 1. The number of rotatable bonds is 8. The number of fused-ring (bicyclic) bond motifs is 1. The van der Waals surface area contributed by atoms with Gasteiger partial charge in [0, 0.05) is 22.7 Å². The zero-order chi connectivity index (χ0) is 23.8. The van der Waals surface area contributed by atoms with Gasteiger partial charge in [0.1, 0.15) is 11.9 Å². The van der Waals surface area contributed by atoms with E-state index in [-0.39, 0.29) is 11.7 Å². The SMILES string of the molecule is C[C@@H](CC/C=C/C(=O)O)[C@H](OC(=O)Nc1ccc(C#N)cc1)c1ccc(O)c2ccccc12. The third-order valence-corrected chi connectivity index (χ3v) is 5.30. The van der Waals surface area contributed by atoms with Crippen molar-refractivity contribution in [3.63, 3.8) is 0 Å². The summed E-state index contributed by atoms with van der Waals surface area (Å²) >= 11 is 0. The molecule has 2 atom stereocenters. The Morgan fingerprint density at radius 2 is 1.79 bits per heavy atom. The highest BCUT2D eigenvalue weighted by Gasteiger charge is 2.26. The first-order chi connectivity index (χ1) is 15.9. The molecule has 33 heavy (non-hydrogen) atoms. The molecular weight excluding hydrogens is 420 g/mol. The number of nitrogens with one attached hydrogen (secondary N) is 1. The second kappa shape index (κ2) is 10.8. The molecule has 3 aromatic rings. The largest absolute Gasteiger partial charge is 0.507 e. The number of hydrogen-bond donors (Lipinski definition) is 3. The molecule has 0 saturated carbocycles. The monoisotopic (exact) mass is 444 g/mol. The molecule has 0 radical (unpaired) electrons. The van der Waals surface area contributed by atoms with Crippen LogP contribution in [0.25, 0.3) is 10.8 Å². The Kier molecular flexibility index (Phi) is 7.66. The van der Waals surface area contributed by atoms with Gasteiger partial charge in [0.15, 0.2) is 0 Å². The van der Waals surface area contributed by atoms with Crippen molar-refractivity contribution in [3.8, 4) is 11.8 Å². The van der Waals surface area contributed by atoms with Gasteiger partial charge in [-0.25, -0.2) is 9.59 Å². The first-order valence-corrected chi connectivity index (χ1v) is 10.5. The number of benzene rings is 3. The van der Waals surface area contributed by atoms with Gasteiger partial charge in [0.25, 0.3) is 0 Å².